The number of benzene rings is 1. The van der Waals surface area contributed by atoms with E-state index in [0.717, 1.165) is 31.0 Å². The minimum atomic E-state index is -0.0597. The van der Waals surface area contributed by atoms with Crippen LogP contribution in [-0.4, -0.2) is 32.0 Å². The van der Waals surface area contributed by atoms with Gasteiger partial charge in [-0.05, 0) is 53.4 Å². The Morgan fingerprint density at radius 2 is 2.08 bits per heavy atom. The van der Waals surface area contributed by atoms with E-state index in [-0.39, 0.29) is 5.91 Å². The summed E-state index contributed by atoms with van der Waals surface area (Å²) in [5.74, 6) is 0.752. The highest BCUT2D eigenvalue weighted by atomic mass is 32.1. The van der Waals surface area contributed by atoms with E-state index in [1.807, 2.05) is 24.3 Å². The fourth-order valence-electron chi connectivity index (χ4n) is 2.23. The second-order valence-electron chi connectivity index (χ2n) is 5.28. The molecule has 0 spiro atoms. The summed E-state index contributed by atoms with van der Waals surface area (Å²) in [6.07, 6.45) is 0.827. The normalized spacial score (nSPS) is 11.2. The number of aliphatic imine (C=N–C) groups is 1. The molecule has 1 aromatic heterocycles. The first-order valence-electron chi connectivity index (χ1n) is 8.07. The van der Waals surface area contributed by atoms with Crippen LogP contribution in [0.25, 0.3) is 0 Å². The number of carbonyl (C=O) groups excluding carboxylic acids is 1. The zero-order valence-corrected chi connectivity index (χ0v) is 15.0. The molecule has 0 aliphatic rings. The summed E-state index contributed by atoms with van der Waals surface area (Å²) in [6.45, 7) is 4.30. The summed E-state index contributed by atoms with van der Waals surface area (Å²) in [6, 6.07) is 9.78. The first kappa shape index (κ1) is 18.0. The smallest absolute Gasteiger partial charge is 0.251 e. The van der Waals surface area contributed by atoms with Gasteiger partial charge in [0.25, 0.3) is 5.91 Å². The summed E-state index contributed by atoms with van der Waals surface area (Å²) >= 11 is 1.68. The van der Waals surface area contributed by atoms with Gasteiger partial charge in [-0.2, -0.15) is 11.3 Å². The van der Waals surface area contributed by atoms with Crippen molar-refractivity contribution in [3.63, 3.8) is 0 Å². The van der Waals surface area contributed by atoms with Crippen molar-refractivity contribution >= 4 is 23.2 Å². The lowest BCUT2D eigenvalue weighted by atomic mass is 10.1. The summed E-state index contributed by atoms with van der Waals surface area (Å²) < 4.78 is 0. The van der Waals surface area contributed by atoms with Crippen molar-refractivity contribution in [2.45, 2.75) is 19.9 Å². The van der Waals surface area contributed by atoms with Gasteiger partial charge in [0, 0.05) is 25.7 Å². The maximum Gasteiger partial charge on any atom is 0.251 e. The van der Waals surface area contributed by atoms with Crippen molar-refractivity contribution in [3.05, 3.63) is 57.8 Å². The van der Waals surface area contributed by atoms with Gasteiger partial charge >= 0.3 is 0 Å². The van der Waals surface area contributed by atoms with E-state index in [0.29, 0.717) is 12.1 Å². The van der Waals surface area contributed by atoms with E-state index in [9.17, 15) is 4.79 Å². The molecule has 3 N–H and O–H groups in total. The number of carbonyl (C=O) groups is 1. The number of hydrogen-bond acceptors (Lipinski definition) is 3. The van der Waals surface area contributed by atoms with Gasteiger partial charge in [-0.15, -0.1) is 0 Å². The number of nitrogens with one attached hydrogen (secondary N) is 3. The van der Waals surface area contributed by atoms with E-state index in [4.69, 9.17) is 0 Å². The molecule has 0 unspecified atom stereocenters. The Hall–Kier alpha value is -2.34. The molecule has 6 heteroatoms. The van der Waals surface area contributed by atoms with E-state index >= 15 is 0 Å². The number of nitrogens with zero attached hydrogens (tertiary/aromatic N) is 1. The summed E-state index contributed by atoms with van der Waals surface area (Å²) in [4.78, 5) is 16.3. The Bertz CT molecular complexity index is 667. The minimum Gasteiger partial charge on any atom is -0.357 e. The molecule has 2 rings (SSSR count). The second kappa shape index (κ2) is 9.72. The van der Waals surface area contributed by atoms with E-state index < -0.39 is 0 Å². The molecule has 1 heterocycles. The van der Waals surface area contributed by atoms with Gasteiger partial charge < -0.3 is 16.0 Å². The van der Waals surface area contributed by atoms with Crippen LogP contribution in [0.15, 0.2) is 46.1 Å². The number of guanidine groups is 1. The van der Waals surface area contributed by atoms with Gasteiger partial charge in [-0.1, -0.05) is 12.1 Å². The molecular formula is C18H24N4OS. The molecule has 0 saturated carbocycles. The molecule has 128 valence electrons. The zero-order chi connectivity index (χ0) is 17.2. The highest BCUT2D eigenvalue weighted by molar-refractivity contribution is 7.07. The SMILES string of the molecule is CCNC(=NCc1ccsc1)NCCc1cccc(C(=O)NC)c1. The number of rotatable bonds is 7. The lowest BCUT2D eigenvalue weighted by molar-refractivity contribution is 0.0963. The Kier molecular flexibility index (Phi) is 7.29. The molecule has 5 nitrogen and oxygen atoms in total. The maximum atomic E-state index is 11.7. The Morgan fingerprint density at radius 3 is 2.79 bits per heavy atom. The van der Waals surface area contributed by atoms with Gasteiger partial charge in [0.15, 0.2) is 5.96 Å². The van der Waals surface area contributed by atoms with Crippen LogP contribution in [-0.2, 0) is 13.0 Å². The van der Waals surface area contributed by atoms with Crippen LogP contribution in [0.4, 0.5) is 0 Å². The molecule has 0 aliphatic carbocycles. The van der Waals surface area contributed by atoms with E-state index in [1.54, 1.807) is 18.4 Å². The van der Waals surface area contributed by atoms with Gasteiger partial charge in [0.2, 0.25) is 0 Å². The van der Waals surface area contributed by atoms with Crippen molar-refractivity contribution in [1.82, 2.24) is 16.0 Å². The molecule has 24 heavy (non-hydrogen) atoms. The zero-order valence-electron chi connectivity index (χ0n) is 14.1. The number of hydrogen-bond donors (Lipinski definition) is 3. The molecule has 0 saturated heterocycles. The highest BCUT2D eigenvalue weighted by Gasteiger charge is 2.04. The Labute approximate surface area is 147 Å². The third-order valence-electron chi connectivity index (χ3n) is 3.47. The lowest BCUT2D eigenvalue weighted by Crippen LogP contribution is -2.38. The van der Waals surface area contributed by atoms with Crippen LogP contribution in [0.1, 0.15) is 28.4 Å². The predicted molar refractivity (Wildman–Crippen MR) is 101 cm³/mol. The summed E-state index contributed by atoms with van der Waals surface area (Å²) in [5, 5.41) is 13.4. The van der Waals surface area contributed by atoms with Crippen LogP contribution in [0, 0.1) is 0 Å². The molecular weight excluding hydrogens is 320 g/mol. The third kappa shape index (κ3) is 5.70. The standard InChI is InChI=1S/C18H24N4OS/c1-3-20-18(22-12-15-8-10-24-13-15)21-9-7-14-5-4-6-16(11-14)17(23)19-2/h4-6,8,10-11,13H,3,7,9,12H2,1-2H3,(H,19,23)(H2,20,21,22). The van der Waals surface area contributed by atoms with Crippen LogP contribution in [0.5, 0.6) is 0 Å². The van der Waals surface area contributed by atoms with E-state index in [2.05, 4.69) is 44.7 Å². The summed E-state index contributed by atoms with van der Waals surface area (Å²) in [5.41, 5.74) is 3.03. The Balaban J connectivity index is 1.88. The van der Waals surface area contributed by atoms with Gasteiger partial charge in [0.05, 0.1) is 6.54 Å². The first-order valence-corrected chi connectivity index (χ1v) is 9.01. The molecule has 0 atom stereocenters. The van der Waals surface area contributed by atoms with Gasteiger partial charge in [-0.3, -0.25) is 4.79 Å². The highest BCUT2D eigenvalue weighted by Crippen LogP contribution is 2.07. The fraction of sp³-hybridized carbons (Fsp3) is 0.333. The lowest BCUT2D eigenvalue weighted by Gasteiger charge is -2.11. The molecule has 0 radical (unpaired) electrons. The van der Waals surface area contributed by atoms with Gasteiger partial charge in [0.1, 0.15) is 0 Å². The number of amides is 1. The van der Waals surface area contributed by atoms with E-state index in [1.165, 1.54) is 5.56 Å². The maximum absolute atomic E-state index is 11.7. The average molecular weight is 344 g/mol. The third-order valence-corrected chi connectivity index (χ3v) is 4.20. The predicted octanol–water partition coefficient (Wildman–Crippen LogP) is 2.41. The van der Waals surface area contributed by atoms with Crippen LogP contribution in [0.3, 0.4) is 0 Å². The summed E-state index contributed by atoms with van der Waals surface area (Å²) in [7, 11) is 1.64. The fourth-order valence-corrected chi connectivity index (χ4v) is 2.89. The van der Waals surface area contributed by atoms with Crippen molar-refractivity contribution in [2.75, 3.05) is 20.1 Å². The topological polar surface area (TPSA) is 65.5 Å². The Morgan fingerprint density at radius 1 is 1.21 bits per heavy atom. The van der Waals surface area contributed by atoms with Crippen molar-refractivity contribution in [1.29, 1.82) is 0 Å². The largest absolute Gasteiger partial charge is 0.357 e. The average Bonchev–Trinajstić information content (AvgIpc) is 3.12. The quantitative estimate of drug-likeness (QED) is 0.534. The second-order valence-corrected chi connectivity index (χ2v) is 6.06. The van der Waals surface area contributed by atoms with Crippen LogP contribution >= 0.6 is 11.3 Å². The van der Waals surface area contributed by atoms with Crippen LogP contribution < -0.4 is 16.0 Å². The number of thiophene rings is 1. The minimum absolute atomic E-state index is 0.0597. The van der Waals surface area contributed by atoms with Crippen molar-refractivity contribution in [3.8, 4) is 0 Å². The molecule has 1 aromatic carbocycles. The molecule has 0 bridgehead atoms. The molecule has 1 amide bonds. The molecule has 0 fully saturated rings. The van der Waals surface area contributed by atoms with Gasteiger partial charge in [-0.25, -0.2) is 4.99 Å². The van der Waals surface area contributed by atoms with Crippen molar-refractivity contribution in [2.24, 2.45) is 4.99 Å². The molecule has 0 aliphatic heterocycles. The molecule has 2 aromatic rings. The van der Waals surface area contributed by atoms with Crippen molar-refractivity contribution < 1.29 is 4.79 Å². The van der Waals surface area contributed by atoms with Crippen LogP contribution in [0.2, 0.25) is 0 Å². The first-order chi connectivity index (χ1) is 11.7. The monoisotopic (exact) mass is 344 g/mol.